The summed E-state index contributed by atoms with van der Waals surface area (Å²) in [6, 6.07) is 0.403. The molecule has 0 unspecified atom stereocenters. The van der Waals surface area contributed by atoms with Crippen LogP contribution in [0, 0.1) is 11.8 Å². The van der Waals surface area contributed by atoms with Gasteiger partial charge in [-0.05, 0) is 38.5 Å². The standard InChI is InChI=1S/C17H28N2O3/c20-16(18-15-3-1-2-4-15)13-5-7-14(8-6-13)17(21)19-9-11-22-12-10-19/h13-15H,1-12H2,(H,18,20). The maximum Gasteiger partial charge on any atom is 0.225 e. The molecular formula is C17H28N2O3. The number of nitrogens with one attached hydrogen (secondary N) is 1. The number of carbonyl (C=O) groups excluding carboxylic acids is 2. The first kappa shape index (κ1) is 15.8. The van der Waals surface area contributed by atoms with Crippen LogP contribution < -0.4 is 5.32 Å². The van der Waals surface area contributed by atoms with Crippen LogP contribution in [0.4, 0.5) is 0 Å². The minimum Gasteiger partial charge on any atom is -0.378 e. The highest BCUT2D eigenvalue weighted by Gasteiger charge is 2.33. The molecule has 1 aliphatic heterocycles. The van der Waals surface area contributed by atoms with Gasteiger partial charge in [0.2, 0.25) is 11.8 Å². The summed E-state index contributed by atoms with van der Waals surface area (Å²) in [6.07, 6.45) is 8.20. The highest BCUT2D eigenvalue weighted by molar-refractivity contribution is 5.81. The van der Waals surface area contributed by atoms with Crippen molar-refractivity contribution in [2.24, 2.45) is 11.8 Å². The van der Waals surface area contributed by atoms with Gasteiger partial charge in [-0.2, -0.15) is 0 Å². The van der Waals surface area contributed by atoms with Crippen LogP contribution in [-0.4, -0.2) is 49.1 Å². The number of amides is 2. The molecule has 3 fully saturated rings. The van der Waals surface area contributed by atoms with E-state index in [0.29, 0.717) is 19.3 Å². The van der Waals surface area contributed by atoms with Gasteiger partial charge < -0.3 is 15.0 Å². The summed E-state index contributed by atoms with van der Waals surface area (Å²) < 4.78 is 5.30. The molecule has 0 aromatic rings. The lowest BCUT2D eigenvalue weighted by atomic mass is 9.80. The van der Waals surface area contributed by atoms with Gasteiger partial charge in [0.05, 0.1) is 13.2 Å². The quantitative estimate of drug-likeness (QED) is 0.863. The molecule has 1 heterocycles. The molecule has 0 atom stereocenters. The smallest absolute Gasteiger partial charge is 0.225 e. The minimum atomic E-state index is 0.119. The van der Waals surface area contributed by atoms with Gasteiger partial charge in [0.25, 0.3) is 0 Å². The summed E-state index contributed by atoms with van der Waals surface area (Å²) >= 11 is 0. The van der Waals surface area contributed by atoms with Crippen molar-refractivity contribution in [3.8, 4) is 0 Å². The van der Waals surface area contributed by atoms with Crippen molar-refractivity contribution in [2.75, 3.05) is 26.3 Å². The van der Waals surface area contributed by atoms with Crippen LogP contribution in [0.25, 0.3) is 0 Å². The van der Waals surface area contributed by atoms with E-state index in [1.165, 1.54) is 12.8 Å². The van der Waals surface area contributed by atoms with E-state index in [9.17, 15) is 9.59 Å². The molecule has 0 spiro atoms. The predicted octanol–water partition coefficient (Wildman–Crippen LogP) is 1.71. The van der Waals surface area contributed by atoms with E-state index in [-0.39, 0.29) is 23.7 Å². The molecule has 0 aromatic heterocycles. The second-order valence-corrected chi connectivity index (χ2v) is 6.98. The maximum absolute atomic E-state index is 12.5. The lowest BCUT2D eigenvalue weighted by Crippen LogP contribution is -2.45. The van der Waals surface area contributed by atoms with Crippen LogP contribution in [0.2, 0.25) is 0 Å². The first-order chi connectivity index (χ1) is 10.7. The largest absolute Gasteiger partial charge is 0.378 e. The fourth-order valence-electron chi connectivity index (χ4n) is 4.03. The number of hydrogen-bond donors (Lipinski definition) is 1. The highest BCUT2D eigenvalue weighted by atomic mass is 16.5. The molecule has 22 heavy (non-hydrogen) atoms. The number of rotatable bonds is 3. The Bertz CT molecular complexity index is 393. The summed E-state index contributed by atoms with van der Waals surface area (Å²) in [5.74, 6) is 0.741. The third kappa shape index (κ3) is 3.80. The number of ether oxygens (including phenoxy) is 1. The average molecular weight is 308 g/mol. The van der Waals surface area contributed by atoms with E-state index in [4.69, 9.17) is 4.74 Å². The third-order valence-electron chi connectivity index (χ3n) is 5.47. The molecule has 2 amide bonds. The van der Waals surface area contributed by atoms with Crippen LogP contribution in [0.5, 0.6) is 0 Å². The van der Waals surface area contributed by atoms with Crippen molar-refractivity contribution >= 4 is 11.8 Å². The second kappa shape index (κ2) is 7.44. The summed E-state index contributed by atoms with van der Waals surface area (Å²) in [5, 5.41) is 3.21. The van der Waals surface area contributed by atoms with Gasteiger partial charge in [-0.15, -0.1) is 0 Å². The topological polar surface area (TPSA) is 58.6 Å². The molecule has 5 nitrogen and oxygen atoms in total. The zero-order chi connectivity index (χ0) is 15.4. The lowest BCUT2D eigenvalue weighted by Gasteiger charge is -2.33. The Labute approximate surface area is 132 Å². The molecule has 2 saturated carbocycles. The highest BCUT2D eigenvalue weighted by Crippen LogP contribution is 2.31. The zero-order valence-electron chi connectivity index (χ0n) is 13.4. The van der Waals surface area contributed by atoms with Crippen LogP contribution in [0.15, 0.2) is 0 Å². The molecule has 1 saturated heterocycles. The van der Waals surface area contributed by atoms with E-state index >= 15 is 0 Å². The van der Waals surface area contributed by atoms with Crippen LogP contribution in [0.1, 0.15) is 51.4 Å². The van der Waals surface area contributed by atoms with Crippen molar-refractivity contribution < 1.29 is 14.3 Å². The Balaban J connectivity index is 1.43. The Kier molecular flexibility index (Phi) is 5.34. The Hall–Kier alpha value is -1.10. The fourth-order valence-corrected chi connectivity index (χ4v) is 4.03. The summed E-state index contributed by atoms with van der Waals surface area (Å²) in [4.78, 5) is 26.7. The van der Waals surface area contributed by atoms with Crippen molar-refractivity contribution in [3.05, 3.63) is 0 Å². The van der Waals surface area contributed by atoms with Crippen molar-refractivity contribution in [1.29, 1.82) is 0 Å². The number of morpholine rings is 1. The van der Waals surface area contributed by atoms with Gasteiger partial charge in [0.1, 0.15) is 0 Å². The molecule has 0 bridgehead atoms. The molecule has 3 rings (SSSR count). The van der Waals surface area contributed by atoms with Gasteiger partial charge in [0.15, 0.2) is 0 Å². The van der Waals surface area contributed by atoms with E-state index < -0.39 is 0 Å². The van der Waals surface area contributed by atoms with Gasteiger partial charge in [-0.3, -0.25) is 9.59 Å². The van der Waals surface area contributed by atoms with Gasteiger partial charge in [-0.1, -0.05) is 12.8 Å². The van der Waals surface area contributed by atoms with Crippen LogP contribution >= 0.6 is 0 Å². The van der Waals surface area contributed by atoms with Crippen molar-refractivity contribution in [3.63, 3.8) is 0 Å². The Morgan fingerprint density at radius 2 is 1.45 bits per heavy atom. The second-order valence-electron chi connectivity index (χ2n) is 6.98. The third-order valence-corrected chi connectivity index (χ3v) is 5.47. The first-order valence-corrected chi connectivity index (χ1v) is 8.91. The van der Waals surface area contributed by atoms with Crippen molar-refractivity contribution in [1.82, 2.24) is 10.2 Å². The first-order valence-electron chi connectivity index (χ1n) is 8.91. The summed E-state index contributed by atoms with van der Waals surface area (Å²) in [5.41, 5.74) is 0. The number of nitrogens with zero attached hydrogens (tertiary/aromatic N) is 1. The van der Waals surface area contributed by atoms with E-state index in [1.807, 2.05) is 4.90 Å². The Morgan fingerprint density at radius 1 is 0.864 bits per heavy atom. The van der Waals surface area contributed by atoms with E-state index in [1.54, 1.807) is 0 Å². The Morgan fingerprint density at radius 3 is 2.09 bits per heavy atom. The minimum absolute atomic E-state index is 0.119. The van der Waals surface area contributed by atoms with E-state index in [0.717, 1.165) is 51.6 Å². The molecule has 5 heteroatoms. The number of hydrogen-bond acceptors (Lipinski definition) is 3. The molecule has 3 aliphatic rings. The fraction of sp³-hybridized carbons (Fsp3) is 0.882. The molecule has 2 aliphatic carbocycles. The predicted molar refractivity (Wildman–Crippen MR) is 83.2 cm³/mol. The maximum atomic E-state index is 12.5. The lowest BCUT2D eigenvalue weighted by molar-refractivity contribution is -0.142. The van der Waals surface area contributed by atoms with Crippen LogP contribution in [0.3, 0.4) is 0 Å². The van der Waals surface area contributed by atoms with Gasteiger partial charge in [0, 0.05) is 31.0 Å². The van der Waals surface area contributed by atoms with Crippen molar-refractivity contribution in [2.45, 2.75) is 57.4 Å². The zero-order valence-corrected chi connectivity index (χ0v) is 13.4. The van der Waals surface area contributed by atoms with E-state index in [2.05, 4.69) is 5.32 Å². The molecule has 0 aromatic carbocycles. The average Bonchev–Trinajstić information content (AvgIpc) is 3.08. The molecular weight excluding hydrogens is 280 g/mol. The summed E-state index contributed by atoms with van der Waals surface area (Å²) in [7, 11) is 0. The molecule has 1 N–H and O–H groups in total. The molecule has 0 radical (unpaired) electrons. The molecule has 124 valence electrons. The normalized spacial score (nSPS) is 30.3. The van der Waals surface area contributed by atoms with Crippen LogP contribution in [-0.2, 0) is 14.3 Å². The SMILES string of the molecule is O=C(NC1CCCC1)C1CCC(C(=O)N2CCOCC2)CC1. The van der Waals surface area contributed by atoms with Gasteiger partial charge in [-0.25, -0.2) is 0 Å². The van der Waals surface area contributed by atoms with Gasteiger partial charge >= 0.3 is 0 Å². The monoisotopic (exact) mass is 308 g/mol. The summed E-state index contributed by atoms with van der Waals surface area (Å²) in [6.45, 7) is 2.76. The number of carbonyl (C=O) groups is 2.